The monoisotopic (exact) mass is 300 g/mol. The fraction of sp³-hybridized carbons (Fsp3) is 0.375. The van der Waals surface area contributed by atoms with Gasteiger partial charge in [-0.3, -0.25) is 4.68 Å². The van der Waals surface area contributed by atoms with Gasteiger partial charge in [0.1, 0.15) is 0 Å². The molecule has 0 saturated heterocycles. The molecule has 3 rings (SSSR count). The van der Waals surface area contributed by atoms with Crippen LogP contribution in [0.5, 0.6) is 0 Å². The van der Waals surface area contributed by atoms with Crippen LogP contribution in [0.1, 0.15) is 30.1 Å². The van der Waals surface area contributed by atoms with Gasteiger partial charge < -0.3 is 5.32 Å². The van der Waals surface area contributed by atoms with Gasteiger partial charge >= 0.3 is 0 Å². The molecule has 0 saturated carbocycles. The predicted molar refractivity (Wildman–Crippen MR) is 87.6 cm³/mol. The van der Waals surface area contributed by atoms with Crippen LogP contribution in [0.4, 0.5) is 0 Å². The zero-order valence-electron chi connectivity index (χ0n) is 12.4. The quantitative estimate of drug-likeness (QED) is 0.759. The summed E-state index contributed by atoms with van der Waals surface area (Å²) in [6.07, 6.45) is 3.88. The Bertz CT molecular complexity index is 683. The van der Waals surface area contributed by atoms with Gasteiger partial charge in [0.15, 0.2) is 0 Å². The fourth-order valence-corrected chi connectivity index (χ4v) is 3.52. The smallest absolute Gasteiger partial charge is 0.0958 e. The summed E-state index contributed by atoms with van der Waals surface area (Å²) in [7, 11) is 1.99. The molecule has 0 bridgehead atoms. The molecule has 1 atom stereocenters. The number of hydrogen-bond acceptors (Lipinski definition) is 4. The second kappa shape index (κ2) is 6.37. The van der Waals surface area contributed by atoms with E-state index in [-0.39, 0.29) is 6.04 Å². The van der Waals surface area contributed by atoms with E-state index in [0.717, 1.165) is 24.9 Å². The van der Waals surface area contributed by atoms with Crippen molar-refractivity contribution >= 4 is 21.6 Å². The first-order valence-corrected chi connectivity index (χ1v) is 8.15. The number of hydrogen-bond donors (Lipinski definition) is 1. The fourth-order valence-electron chi connectivity index (χ4n) is 2.51. The number of nitrogens with zero attached hydrogens (tertiary/aromatic N) is 3. The molecule has 2 aromatic heterocycles. The van der Waals surface area contributed by atoms with Gasteiger partial charge in [-0.25, -0.2) is 4.98 Å². The van der Waals surface area contributed by atoms with Crippen molar-refractivity contribution in [3.63, 3.8) is 0 Å². The average molecular weight is 300 g/mol. The zero-order chi connectivity index (χ0) is 14.7. The van der Waals surface area contributed by atoms with E-state index in [2.05, 4.69) is 41.6 Å². The van der Waals surface area contributed by atoms with Gasteiger partial charge in [0, 0.05) is 19.7 Å². The Morgan fingerprint density at radius 3 is 2.86 bits per heavy atom. The molecule has 0 amide bonds. The molecular weight excluding hydrogens is 280 g/mol. The van der Waals surface area contributed by atoms with E-state index < -0.39 is 0 Å². The van der Waals surface area contributed by atoms with Crippen LogP contribution in [0, 0.1) is 0 Å². The minimum atomic E-state index is 0.262. The summed E-state index contributed by atoms with van der Waals surface area (Å²) < 4.78 is 3.20. The zero-order valence-corrected chi connectivity index (χ0v) is 13.2. The van der Waals surface area contributed by atoms with Crippen LogP contribution in [-0.2, 0) is 13.5 Å². The van der Waals surface area contributed by atoms with Gasteiger partial charge in [-0.05, 0) is 31.2 Å². The normalized spacial score (nSPS) is 12.9. The number of thiazole rings is 1. The molecule has 3 aromatic rings. The Hall–Kier alpha value is -1.72. The first kappa shape index (κ1) is 14.2. The van der Waals surface area contributed by atoms with Crippen LogP contribution in [0.15, 0.2) is 36.5 Å². The third-order valence-corrected chi connectivity index (χ3v) is 4.63. The predicted octanol–water partition coefficient (Wildman–Crippen LogP) is 3.31. The lowest BCUT2D eigenvalue weighted by Gasteiger charge is -2.17. The maximum absolute atomic E-state index is 4.75. The molecule has 0 aliphatic heterocycles. The van der Waals surface area contributed by atoms with Crippen molar-refractivity contribution in [1.29, 1.82) is 0 Å². The van der Waals surface area contributed by atoms with E-state index in [4.69, 9.17) is 4.98 Å². The SMILES string of the molecule is CCCNC(Cc1nc2ccccc2s1)c1ccnn1C. The number of nitrogens with one attached hydrogen (secondary N) is 1. The number of para-hydroxylation sites is 1. The third kappa shape index (κ3) is 3.14. The van der Waals surface area contributed by atoms with Crippen LogP contribution in [0.3, 0.4) is 0 Å². The lowest BCUT2D eigenvalue weighted by molar-refractivity contribution is 0.493. The van der Waals surface area contributed by atoms with Crippen molar-refractivity contribution in [1.82, 2.24) is 20.1 Å². The van der Waals surface area contributed by atoms with Crippen molar-refractivity contribution in [2.24, 2.45) is 7.05 Å². The molecule has 0 radical (unpaired) electrons. The highest BCUT2D eigenvalue weighted by atomic mass is 32.1. The molecule has 21 heavy (non-hydrogen) atoms. The van der Waals surface area contributed by atoms with Crippen LogP contribution < -0.4 is 5.32 Å². The van der Waals surface area contributed by atoms with Crippen molar-refractivity contribution < 1.29 is 0 Å². The van der Waals surface area contributed by atoms with E-state index >= 15 is 0 Å². The highest BCUT2D eigenvalue weighted by Gasteiger charge is 2.17. The molecule has 2 heterocycles. The van der Waals surface area contributed by atoms with Crippen molar-refractivity contribution in [2.75, 3.05) is 6.54 Å². The number of aromatic nitrogens is 3. The van der Waals surface area contributed by atoms with E-state index in [0.29, 0.717) is 0 Å². The first-order chi connectivity index (χ1) is 10.3. The highest BCUT2D eigenvalue weighted by Crippen LogP contribution is 2.26. The number of rotatable bonds is 6. The maximum atomic E-state index is 4.75. The summed E-state index contributed by atoms with van der Waals surface area (Å²) in [5.74, 6) is 0. The second-order valence-electron chi connectivity index (χ2n) is 5.17. The minimum Gasteiger partial charge on any atom is -0.308 e. The van der Waals surface area contributed by atoms with Gasteiger partial charge in [0.05, 0.1) is 27.0 Å². The van der Waals surface area contributed by atoms with Crippen LogP contribution >= 0.6 is 11.3 Å². The number of benzene rings is 1. The van der Waals surface area contributed by atoms with Crippen LogP contribution in [-0.4, -0.2) is 21.3 Å². The first-order valence-electron chi connectivity index (χ1n) is 7.33. The van der Waals surface area contributed by atoms with Crippen LogP contribution in [0.25, 0.3) is 10.2 Å². The van der Waals surface area contributed by atoms with E-state index in [1.165, 1.54) is 15.4 Å². The molecule has 0 aliphatic carbocycles. The summed E-state index contributed by atoms with van der Waals surface area (Å²) in [6.45, 7) is 3.19. The molecule has 1 unspecified atom stereocenters. The highest BCUT2D eigenvalue weighted by molar-refractivity contribution is 7.18. The Kier molecular flexibility index (Phi) is 4.31. The van der Waals surface area contributed by atoms with Gasteiger partial charge in [-0.1, -0.05) is 19.1 Å². The summed E-state index contributed by atoms with van der Waals surface area (Å²) in [5.41, 5.74) is 2.31. The summed E-state index contributed by atoms with van der Waals surface area (Å²) in [5, 5.41) is 9.07. The van der Waals surface area contributed by atoms with Gasteiger partial charge in [0.2, 0.25) is 0 Å². The number of fused-ring (bicyclic) bond motifs is 1. The molecule has 1 N–H and O–H groups in total. The standard InChI is InChI=1S/C16H20N4S/c1-3-9-17-13(14-8-10-18-20(14)2)11-16-19-12-6-4-5-7-15(12)21-16/h4-8,10,13,17H,3,9,11H2,1-2H3. The van der Waals surface area contributed by atoms with E-state index in [1.54, 1.807) is 11.3 Å². The summed E-state index contributed by atoms with van der Waals surface area (Å²) >= 11 is 1.78. The Labute approximate surface area is 128 Å². The minimum absolute atomic E-state index is 0.262. The third-order valence-electron chi connectivity index (χ3n) is 3.57. The van der Waals surface area contributed by atoms with Crippen molar-refractivity contribution in [3.05, 3.63) is 47.2 Å². The maximum Gasteiger partial charge on any atom is 0.0958 e. The van der Waals surface area contributed by atoms with Crippen molar-refractivity contribution in [2.45, 2.75) is 25.8 Å². The largest absolute Gasteiger partial charge is 0.308 e. The lowest BCUT2D eigenvalue weighted by Crippen LogP contribution is -2.26. The number of aryl methyl sites for hydroxylation is 1. The van der Waals surface area contributed by atoms with Crippen LogP contribution in [0.2, 0.25) is 0 Å². The van der Waals surface area contributed by atoms with Crippen molar-refractivity contribution in [3.8, 4) is 0 Å². The molecule has 1 aromatic carbocycles. The van der Waals surface area contributed by atoms with Gasteiger partial charge in [-0.15, -0.1) is 11.3 Å². The van der Waals surface area contributed by atoms with E-state index in [1.807, 2.05) is 24.0 Å². The Morgan fingerprint density at radius 1 is 1.29 bits per heavy atom. The van der Waals surface area contributed by atoms with Gasteiger partial charge in [0.25, 0.3) is 0 Å². The van der Waals surface area contributed by atoms with E-state index in [9.17, 15) is 0 Å². The second-order valence-corrected chi connectivity index (χ2v) is 6.28. The topological polar surface area (TPSA) is 42.7 Å². The molecule has 5 heteroatoms. The lowest BCUT2D eigenvalue weighted by atomic mass is 10.1. The van der Waals surface area contributed by atoms with Gasteiger partial charge in [-0.2, -0.15) is 5.10 Å². The molecule has 0 fully saturated rings. The molecule has 0 spiro atoms. The Balaban J connectivity index is 1.85. The summed E-state index contributed by atoms with van der Waals surface area (Å²) in [4.78, 5) is 4.75. The average Bonchev–Trinajstić information content (AvgIpc) is 3.08. The summed E-state index contributed by atoms with van der Waals surface area (Å²) in [6, 6.07) is 10.7. The molecule has 0 aliphatic rings. The molecule has 110 valence electrons. The Morgan fingerprint density at radius 2 is 2.14 bits per heavy atom. The molecular formula is C16H20N4S. The molecule has 4 nitrogen and oxygen atoms in total.